The van der Waals surface area contributed by atoms with Gasteiger partial charge in [-0.2, -0.15) is 10.2 Å². The van der Waals surface area contributed by atoms with Gasteiger partial charge in [-0.3, -0.25) is 0 Å². The van der Waals surface area contributed by atoms with Crippen LogP contribution in [0.2, 0.25) is 0 Å². The van der Waals surface area contributed by atoms with Crippen molar-refractivity contribution in [2.75, 3.05) is 13.2 Å². The lowest BCUT2D eigenvalue weighted by atomic mass is 10.3. The fraction of sp³-hybridized carbons (Fsp3) is 0.364. The second-order valence-corrected chi connectivity index (χ2v) is 3.38. The number of nitrogens with zero attached hydrogens (tertiary/aromatic N) is 3. The van der Waals surface area contributed by atoms with Gasteiger partial charge in [0.25, 0.3) is 5.89 Å². The zero-order chi connectivity index (χ0) is 12.1. The van der Waals surface area contributed by atoms with Crippen molar-refractivity contribution in [1.82, 2.24) is 15.1 Å². The molecular weight excluding hydrogens is 220 g/mol. The summed E-state index contributed by atoms with van der Waals surface area (Å²) in [7, 11) is 0. The Kier molecular flexibility index (Phi) is 3.52. The highest BCUT2D eigenvalue weighted by atomic mass is 16.5. The second-order valence-electron chi connectivity index (χ2n) is 3.38. The predicted octanol–water partition coefficient (Wildman–Crippen LogP) is 1.52. The molecule has 0 fully saturated rings. The van der Waals surface area contributed by atoms with Crippen molar-refractivity contribution in [3.8, 4) is 17.7 Å². The molecule has 0 amide bonds. The van der Waals surface area contributed by atoms with Crippen LogP contribution in [-0.2, 0) is 11.2 Å². The Bertz CT molecular complexity index is 524. The highest BCUT2D eigenvalue weighted by Crippen LogP contribution is 2.16. The van der Waals surface area contributed by atoms with Crippen LogP contribution in [0.1, 0.15) is 18.3 Å². The molecule has 2 aromatic heterocycles. The Balaban J connectivity index is 2.05. The molecule has 6 heteroatoms. The van der Waals surface area contributed by atoms with Crippen molar-refractivity contribution in [2.45, 2.75) is 13.3 Å². The first-order valence-electron chi connectivity index (χ1n) is 5.32. The molecule has 0 radical (unpaired) electrons. The van der Waals surface area contributed by atoms with Crippen LogP contribution in [0.5, 0.6) is 0 Å². The van der Waals surface area contributed by atoms with Crippen LogP contribution in [-0.4, -0.2) is 28.3 Å². The number of nitrogens with one attached hydrogen (secondary N) is 1. The van der Waals surface area contributed by atoms with Gasteiger partial charge in [0.2, 0.25) is 0 Å². The number of nitriles is 1. The maximum Gasteiger partial charge on any atom is 0.274 e. The van der Waals surface area contributed by atoms with Crippen LogP contribution in [0.25, 0.3) is 11.6 Å². The normalized spacial score (nSPS) is 10.4. The highest BCUT2D eigenvalue weighted by molar-refractivity contribution is 5.51. The average molecular weight is 232 g/mol. The molecule has 2 rings (SSSR count). The minimum Gasteiger partial charge on any atom is -0.381 e. The van der Waals surface area contributed by atoms with Gasteiger partial charge in [-0.05, 0) is 13.0 Å². The van der Waals surface area contributed by atoms with Crippen molar-refractivity contribution in [2.24, 2.45) is 0 Å². The molecule has 0 unspecified atom stereocenters. The zero-order valence-electron chi connectivity index (χ0n) is 9.43. The van der Waals surface area contributed by atoms with Gasteiger partial charge in [0.1, 0.15) is 11.8 Å². The van der Waals surface area contributed by atoms with Gasteiger partial charge in [0.15, 0.2) is 5.82 Å². The topological polar surface area (TPSA) is 87.7 Å². The Morgan fingerprint density at radius 2 is 2.47 bits per heavy atom. The van der Waals surface area contributed by atoms with E-state index in [0.29, 0.717) is 42.6 Å². The number of hydrogen-bond donors (Lipinski definition) is 1. The zero-order valence-corrected chi connectivity index (χ0v) is 9.43. The maximum absolute atomic E-state index is 8.69. The SMILES string of the molecule is CCOCCc1noc(-c2cc(C#N)c[nH]2)n1. The molecule has 1 N–H and O–H groups in total. The fourth-order valence-corrected chi connectivity index (χ4v) is 1.36. The molecule has 0 atom stereocenters. The molecule has 0 aliphatic heterocycles. The summed E-state index contributed by atoms with van der Waals surface area (Å²) in [5.41, 5.74) is 1.19. The quantitative estimate of drug-likeness (QED) is 0.789. The number of aromatic amines is 1. The largest absolute Gasteiger partial charge is 0.381 e. The Hall–Kier alpha value is -2.13. The summed E-state index contributed by atoms with van der Waals surface area (Å²) in [5, 5.41) is 12.5. The smallest absolute Gasteiger partial charge is 0.274 e. The average Bonchev–Trinajstić information content (AvgIpc) is 2.97. The lowest BCUT2D eigenvalue weighted by molar-refractivity contribution is 0.149. The molecule has 6 nitrogen and oxygen atoms in total. The first-order valence-corrected chi connectivity index (χ1v) is 5.32. The van der Waals surface area contributed by atoms with Crippen molar-refractivity contribution in [3.63, 3.8) is 0 Å². The summed E-state index contributed by atoms with van der Waals surface area (Å²) in [6.45, 7) is 3.18. The summed E-state index contributed by atoms with van der Waals surface area (Å²) in [6, 6.07) is 3.69. The van der Waals surface area contributed by atoms with Gasteiger partial charge in [0, 0.05) is 19.2 Å². The minimum absolute atomic E-state index is 0.387. The van der Waals surface area contributed by atoms with Gasteiger partial charge in [0.05, 0.1) is 12.2 Å². The molecule has 17 heavy (non-hydrogen) atoms. The van der Waals surface area contributed by atoms with Crippen LogP contribution in [0, 0.1) is 11.3 Å². The van der Waals surface area contributed by atoms with E-state index in [4.69, 9.17) is 14.5 Å². The van der Waals surface area contributed by atoms with Crippen LogP contribution < -0.4 is 0 Å². The van der Waals surface area contributed by atoms with E-state index >= 15 is 0 Å². The third-order valence-electron chi connectivity index (χ3n) is 2.18. The second kappa shape index (κ2) is 5.27. The number of ether oxygens (including phenoxy) is 1. The number of hydrogen-bond acceptors (Lipinski definition) is 5. The molecule has 0 aliphatic rings. The van der Waals surface area contributed by atoms with E-state index in [0.717, 1.165) is 0 Å². The van der Waals surface area contributed by atoms with Crippen LogP contribution in [0.15, 0.2) is 16.8 Å². The molecule has 88 valence electrons. The van der Waals surface area contributed by atoms with Crippen LogP contribution in [0.4, 0.5) is 0 Å². The van der Waals surface area contributed by atoms with Crippen molar-refractivity contribution >= 4 is 0 Å². The van der Waals surface area contributed by atoms with E-state index < -0.39 is 0 Å². The van der Waals surface area contributed by atoms with Crippen LogP contribution in [0.3, 0.4) is 0 Å². The fourth-order valence-electron chi connectivity index (χ4n) is 1.36. The Morgan fingerprint density at radius 1 is 1.59 bits per heavy atom. The molecule has 0 saturated carbocycles. The molecule has 0 aliphatic carbocycles. The minimum atomic E-state index is 0.387. The summed E-state index contributed by atoms with van der Waals surface area (Å²) in [6.07, 6.45) is 2.21. The Morgan fingerprint density at radius 3 is 3.18 bits per heavy atom. The first-order chi connectivity index (χ1) is 8.33. The number of rotatable bonds is 5. The molecule has 0 saturated heterocycles. The standard InChI is InChI=1S/C11H12N4O2/c1-2-16-4-3-10-14-11(17-15-10)9-5-8(6-12)7-13-9/h5,7,13H,2-4H2,1H3. The molecule has 0 spiro atoms. The van der Waals surface area contributed by atoms with Crippen molar-refractivity contribution < 1.29 is 9.26 Å². The van der Waals surface area contributed by atoms with E-state index in [2.05, 4.69) is 15.1 Å². The van der Waals surface area contributed by atoms with E-state index in [1.807, 2.05) is 13.0 Å². The molecule has 0 bridgehead atoms. The highest BCUT2D eigenvalue weighted by Gasteiger charge is 2.10. The summed E-state index contributed by atoms with van der Waals surface area (Å²) in [5.74, 6) is 0.986. The monoisotopic (exact) mass is 232 g/mol. The third kappa shape index (κ3) is 2.71. The van der Waals surface area contributed by atoms with E-state index in [1.54, 1.807) is 12.3 Å². The van der Waals surface area contributed by atoms with Gasteiger partial charge in [-0.1, -0.05) is 5.16 Å². The molecule has 2 heterocycles. The molecule has 2 aromatic rings. The van der Waals surface area contributed by atoms with Gasteiger partial charge in [-0.25, -0.2) is 0 Å². The number of H-pyrrole nitrogens is 1. The molecule has 0 aromatic carbocycles. The van der Waals surface area contributed by atoms with Gasteiger partial charge < -0.3 is 14.2 Å². The maximum atomic E-state index is 8.69. The van der Waals surface area contributed by atoms with Crippen molar-refractivity contribution in [1.29, 1.82) is 5.26 Å². The number of aromatic nitrogens is 3. The van der Waals surface area contributed by atoms with E-state index in [-0.39, 0.29) is 0 Å². The summed E-state index contributed by atoms with van der Waals surface area (Å²) >= 11 is 0. The Labute approximate surface area is 98.2 Å². The predicted molar refractivity (Wildman–Crippen MR) is 59.0 cm³/mol. The van der Waals surface area contributed by atoms with Gasteiger partial charge in [-0.15, -0.1) is 0 Å². The summed E-state index contributed by atoms with van der Waals surface area (Å²) < 4.78 is 10.3. The lowest BCUT2D eigenvalue weighted by Gasteiger charge is -1.94. The van der Waals surface area contributed by atoms with Gasteiger partial charge >= 0.3 is 0 Å². The lowest BCUT2D eigenvalue weighted by Crippen LogP contribution is -1.99. The first kappa shape index (κ1) is 11.4. The van der Waals surface area contributed by atoms with Crippen molar-refractivity contribution in [3.05, 3.63) is 23.7 Å². The van der Waals surface area contributed by atoms with E-state index in [1.165, 1.54) is 0 Å². The van der Waals surface area contributed by atoms with Crippen LogP contribution >= 0.6 is 0 Å². The third-order valence-corrected chi connectivity index (χ3v) is 2.18. The van der Waals surface area contributed by atoms with E-state index in [9.17, 15) is 0 Å². The summed E-state index contributed by atoms with van der Waals surface area (Å²) in [4.78, 5) is 7.11. The molecular formula is C11H12N4O2.